The molecule has 8 heteroatoms. The van der Waals surface area contributed by atoms with Gasteiger partial charge in [-0.25, -0.2) is 4.79 Å². The van der Waals surface area contributed by atoms with Crippen LogP contribution in [-0.2, 0) is 4.74 Å². The highest BCUT2D eigenvalue weighted by molar-refractivity contribution is 6.30. The molecule has 0 aliphatic carbocycles. The number of hydrogen-bond acceptors (Lipinski definition) is 4. The van der Waals surface area contributed by atoms with Crippen LogP contribution in [0, 0.1) is 11.8 Å². The van der Waals surface area contributed by atoms with Crippen LogP contribution in [0.2, 0.25) is 5.02 Å². The summed E-state index contributed by atoms with van der Waals surface area (Å²) >= 11 is 5.91. The number of halogens is 1. The molecular formula is C18H23ClN4O3. The number of rotatable bonds is 4. The molecule has 1 spiro atoms. The Kier molecular flexibility index (Phi) is 4.52. The molecule has 3 saturated heterocycles. The summed E-state index contributed by atoms with van der Waals surface area (Å²) in [6.45, 7) is 4.39. The smallest absolute Gasteiger partial charge is 0.317 e. The summed E-state index contributed by atoms with van der Waals surface area (Å²) in [5.74, 6) is 0.302. The first-order valence-corrected chi connectivity index (χ1v) is 9.49. The van der Waals surface area contributed by atoms with E-state index in [0.29, 0.717) is 36.8 Å². The third-order valence-corrected chi connectivity index (χ3v) is 6.07. The lowest BCUT2D eigenvalue weighted by molar-refractivity contribution is 0.00555. The van der Waals surface area contributed by atoms with Crippen molar-refractivity contribution in [2.75, 3.05) is 26.2 Å². The van der Waals surface area contributed by atoms with Gasteiger partial charge >= 0.3 is 6.03 Å². The second-order valence-electron chi connectivity index (χ2n) is 7.35. The zero-order valence-corrected chi connectivity index (χ0v) is 15.5. The van der Waals surface area contributed by atoms with E-state index >= 15 is 0 Å². The number of ether oxygens (including phenoxy) is 1. The first-order chi connectivity index (χ1) is 12.5. The monoisotopic (exact) mass is 378 g/mol. The molecule has 0 unspecified atom stereocenters. The normalized spacial score (nSPS) is 31.8. The molecule has 2 bridgehead atoms. The number of urea groups is 1. The van der Waals surface area contributed by atoms with Gasteiger partial charge in [0.2, 0.25) is 0 Å². The minimum absolute atomic E-state index is 0.0314. The summed E-state index contributed by atoms with van der Waals surface area (Å²) in [5.41, 5.74) is 0.217. The van der Waals surface area contributed by atoms with Crippen molar-refractivity contribution in [1.82, 2.24) is 20.5 Å². The molecule has 3 fully saturated rings. The van der Waals surface area contributed by atoms with Crippen molar-refractivity contribution in [3.05, 3.63) is 29.0 Å². The van der Waals surface area contributed by atoms with E-state index in [1.54, 1.807) is 6.07 Å². The van der Waals surface area contributed by atoms with Gasteiger partial charge in [0.25, 0.3) is 5.91 Å². The number of aromatic nitrogens is 1. The zero-order valence-electron chi connectivity index (χ0n) is 14.7. The minimum atomic E-state index is -0.233. The number of carbonyl (C=O) groups excluding carboxylic acids is 2. The van der Waals surface area contributed by atoms with Crippen molar-refractivity contribution in [3.63, 3.8) is 0 Å². The van der Waals surface area contributed by atoms with Gasteiger partial charge in [-0.15, -0.1) is 0 Å². The van der Waals surface area contributed by atoms with Crippen LogP contribution in [0.15, 0.2) is 18.5 Å². The maximum absolute atomic E-state index is 12.4. The Morgan fingerprint density at radius 2 is 2.27 bits per heavy atom. The van der Waals surface area contributed by atoms with Crippen LogP contribution in [0.1, 0.15) is 30.1 Å². The van der Waals surface area contributed by atoms with E-state index in [4.69, 9.17) is 16.3 Å². The van der Waals surface area contributed by atoms with Crippen molar-refractivity contribution in [1.29, 1.82) is 0 Å². The Morgan fingerprint density at radius 1 is 1.42 bits per heavy atom. The van der Waals surface area contributed by atoms with Crippen molar-refractivity contribution in [3.8, 4) is 0 Å². The first-order valence-electron chi connectivity index (χ1n) is 9.12. The summed E-state index contributed by atoms with van der Waals surface area (Å²) < 4.78 is 6.31. The molecule has 0 radical (unpaired) electrons. The summed E-state index contributed by atoms with van der Waals surface area (Å²) in [6.07, 6.45) is 5.14. The number of amides is 3. The molecule has 140 valence electrons. The third-order valence-electron chi connectivity index (χ3n) is 5.86. The zero-order chi connectivity index (χ0) is 18.3. The molecule has 3 aliphatic rings. The lowest BCUT2D eigenvalue weighted by Crippen LogP contribution is -2.41. The Labute approximate surface area is 157 Å². The summed E-state index contributed by atoms with van der Waals surface area (Å²) in [6, 6.07) is 1.57. The van der Waals surface area contributed by atoms with E-state index in [9.17, 15) is 9.59 Å². The van der Waals surface area contributed by atoms with Crippen LogP contribution in [0.3, 0.4) is 0 Å². The molecule has 4 rings (SSSR count). The van der Waals surface area contributed by atoms with Gasteiger partial charge in [0.1, 0.15) is 0 Å². The van der Waals surface area contributed by atoms with Crippen molar-refractivity contribution >= 4 is 23.5 Å². The Morgan fingerprint density at radius 3 is 3.04 bits per heavy atom. The predicted octanol–water partition coefficient (Wildman–Crippen LogP) is 1.67. The average molecular weight is 379 g/mol. The number of pyridine rings is 1. The number of likely N-dealkylation sites (tertiary alicyclic amines) is 1. The number of hydrogen-bond donors (Lipinski definition) is 2. The maximum Gasteiger partial charge on any atom is 0.317 e. The van der Waals surface area contributed by atoms with Gasteiger partial charge in [-0.05, 0) is 25.8 Å². The molecule has 3 aliphatic heterocycles. The maximum atomic E-state index is 12.4. The molecule has 0 saturated carbocycles. The fourth-order valence-electron chi connectivity index (χ4n) is 4.73. The molecule has 2 N–H and O–H groups in total. The second-order valence-corrected chi connectivity index (χ2v) is 7.78. The van der Waals surface area contributed by atoms with E-state index in [2.05, 4.69) is 15.6 Å². The van der Waals surface area contributed by atoms with Gasteiger partial charge in [0, 0.05) is 43.9 Å². The van der Waals surface area contributed by atoms with Crippen LogP contribution in [-0.4, -0.2) is 59.7 Å². The molecule has 26 heavy (non-hydrogen) atoms. The molecule has 4 atom stereocenters. The second kappa shape index (κ2) is 6.70. The van der Waals surface area contributed by atoms with Crippen molar-refractivity contribution in [2.45, 2.75) is 31.5 Å². The lowest BCUT2D eigenvalue weighted by atomic mass is 9.73. The van der Waals surface area contributed by atoms with Gasteiger partial charge in [-0.1, -0.05) is 11.6 Å². The molecule has 3 amide bonds. The topological polar surface area (TPSA) is 83.6 Å². The molecule has 1 aromatic rings. The number of nitrogens with zero attached hydrogens (tertiary/aromatic N) is 2. The number of carbonyl (C=O) groups is 2. The van der Waals surface area contributed by atoms with Gasteiger partial charge < -0.3 is 20.3 Å². The van der Waals surface area contributed by atoms with Gasteiger partial charge in [0.15, 0.2) is 0 Å². The predicted molar refractivity (Wildman–Crippen MR) is 96.0 cm³/mol. The van der Waals surface area contributed by atoms with E-state index < -0.39 is 0 Å². The quantitative estimate of drug-likeness (QED) is 0.834. The van der Waals surface area contributed by atoms with Gasteiger partial charge in [-0.3, -0.25) is 9.78 Å². The summed E-state index contributed by atoms with van der Waals surface area (Å²) in [5, 5.41) is 6.30. The van der Waals surface area contributed by atoms with Crippen LogP contribution in [0.5, 0.6) is 0 Å². The minimum Gasteiger partial charge on any atom is -0.369 e. The molecule has 0 aromatic carbocycles. The van der Waals surface area contributed by atoms with Crippen LogP contribution in [0.25, 0.3) is 0 Å². The van der Waals surface area contributed by atoms with Crippen LogP contribution >= 0.6 is 11.6 Å². The number of nitrogens with one attached hydrogen (secondary N) is 2. The molecular weight excluding hydrogens is 356 g/mol. The highest BCUT2D eigenvalue weighted by atomic mass is 35.5. The third kappa shape index (κ3) is 2.93. The summed E-state index contributed by atoms with van der Waals surface area (Å²) in [7, 11) is 0. The van der Waals surface area contributed by atoms with E-state index in [-0.39, 0.29) is 35.5 Å². The average Bonchev–Trinajstić information content (AvgIpc) is 3.28. The summed E-state index contributed by atoms with van der Waals surface area (Å²) in [4.78, 5) is 30.4. The van der Waals surface area contributed by atoms with Crippen LogP contribution in [0.4, 0.5) is 4.79 Å². The molecule has 7 nitrogen and oxygen atoms in total. The van der Waals surface area contributed by atoms with Gasteiger partial charge in [0.05, 0.1) is 28.8 Å². The van der Waals surface area contributed by atoms with E-state index in [0.717, 1.165) is 12.8 Å². The largest absolute Gasteiger partial charge is 0.369 e. The molecule has 4 heterocycles. The molecule has 1 aromatic heterocycles. The van der Waals surface area contributed by atoms with Gasteiger partial charge in [-0.2, -0.15) is 0 Å². The van der Waals surface area contributed by atoms with E-state index in [1.165, 1.54) is 12.4 Å². The highest BCUT2D eigenvalue weighted by Crippen LogP contribution is 2.54. The standard InChI is InChI=1S/C18H23ClN4O3/c1-2-21-17(25)23-9-14-13(15-3-4-18(14,10-23)26-15)8-22-16(24)11-5-12(19)7-20-6-11/h5-7,13-15H,2-4,8-10H2,1H3,(H,21,25)(H,22,24)/t13-,14+,15+,18+/m0/s1. The lowest BCUT2D eigenvalue weighted by Gasteiger charge is -2.29. The van der Waals surface area contributed by atoms with E-state index in [1.807, 2.05) is 11.8 Å². The Balaban J connectivity index is 1.42. The number of fused-ring (bicyclic) bond motifs is 1. The Hall–Kier alpha value is -1.86. The first kappa shape index (κ1) is 17.5. The fraction of sp³-hybridized carbons (Fsp3) is 0.611. The van der Waals surface area contributed by atoms with Crippen LogP contribution < -0.4 is 10.6 Å². The SMILES string of the molecule is CCNC(=O)N1C[C@@H]2[C@H](CNC(=O)c3cncc(Cl)c3)[C@H]3CC[C@]2(C1)O3. The Bertz CT molecular complexity index is 730. The highest BCUT2D eigenvalue weighted by Gasteiger charge is 2.63. The van der Waals surface area contributed by atoms with Crippen molar-refractivity contribution in [2.24, 2.45) is 11.8 Å². The fourth-order valence-corrected chi connectivity index (χ4v) is 4.90. The van der Waals surface area contributed by atoms with Crippen molar-refractivity contribution < 1.29 is 14.3 Å².